The van der Waals surface area contributed by atoms with Gasteiger partial charge in [0, 0.05) is 23.3 Å². The Morgan fingerprint density at radius 1 is 1.25 bits per heavy atom. The molecule has 2 rings (SSSR count). The van der Waals surface area contributed by atoms with Crippen molar-refractivity contribution in [3.63, 3.8) is 0 Å². The third kappa shape index (κ3) is 2.89. The number of halogens is 2. The molecule has 0 saturated heterocycles. The average molecular weight is 311 g/mol. The number of hydrogen-bond acceptors (Lipinski definition) is 2. The number of benzene rings is 1. The third-order valence-corrected chi connectivity index (χ3v) is 4.48. The van der Waals surface area contributed by atoms with Gasteiger partial charge in [-0.25, -0.2) is 0 Å². The lowest BCUT2D eigenvalue weighted by Gasteiger charge is -2.29. The number of aromatic nitrogens is 1. The first-order chi connectivity index (χ1) is 9.65. The van der Waals surface area contributed by atoms with Crippen molar-refractivity contribution in [1.82, 2.24) is 10.3 Å². The summed E-state index contributed by atoms with van der Waals surface area (Å²) in [6.45, 7) is 1.95. The fourth-order valence-corrected chi connectivity index (χ4v) is 2.78. The lowest BCUT2D eigenvalue weighted by Crippen LogP contribution is -2.51. The van der Waals surface area contributed by atoms with Gasteiger partial charge < -0.3 is 5.32 Å². The summed E-state index contributed by atoms with van der Waals surface area (Å²) in [5, 5.41) is 4.72. The van der Waals surface area contributed by atoms with E-state index in [0.29, 0.717) is 12.1 Å². The van der Waals surface area contributed by atoms with Gasteiger partial charge in [0.25, 0.3) is 5.91 Å². The Kier molecular flexibility index (Phi) is 4.84. The van der Waals surface area contributed by atoms with Crippen LogP contribution in [0.3, 0.4) is 0 Å². The number of alkyl halides is 2. The SMILES string of the molecule is CCC(CCl)(CCl)NC(=O)c1nccc2ccccc12. The van der Waals surface area contributed by atoms with Crippen molar-refractivity contribution in [3.05, 3.63) is 42.2 Å². The van der Waals surface area contributed by atoms with Crippen molar-refractivity contribution in [2.45, 2.75) is 18.9 Å². The molecule has 0 fully saturated rings. The van der Waals surface area contributed by atoms with Crippen LogP contribution in [0.5, 0.6) is 0 Å². The minimum atomic E-state index is -0.598. The van der Waals surface area contributed by atoms with E-state index in [1.165, 1.54) is 0 Å². The third-order valence-electron chi connectivity index (χ3n) is 3.46. The number of nitrogens with one attached hydrogen (secondary N) is 1. The number of hydrogen-bond donors (Lipinski definition) is 1. The van der Waals surface area contributed by atoms with Gasteiger partial charge in [0.15, 0.2) is 0 Å². The minimum Gasteiger partial charge on any atom is -0.343 e. The van der Waals surface area contributed by atoms with Crippen LogP contribution < -0.4 is 5.32 Å². The van der Waals surface area contributed by atoms with Crippen LogP contribution in [0.2, 0.25) is 0 Å². The standard InChI is InChI=1S/C15H16Cl2N2O/c1-2-15(9-16,10-17)19-14(20)13-12-6-4-3-5-11(12)7-8-18-13/h3-8H,2,9-10H2,1H3,(H,19,20). The fourth-order valence-electron chi connectivity index (χ4n) is 1.98. The number of nitrogens with zero attached hydrogens (tertiary/aromatic N) is 1. The van der Waals surface area contributed by atoms with Crippen LogP contribution in [0, 0.1) is 0 Å². The Morgan fingerprint density at radius 2 is 1.95 bits per heavy atom. The van der Waals surface area contributed by atoms with Crippen LogP contribution in [-0.2, 0) is 0 Å². The predicted octanol–water partition coefficient (Wildman–Crippen LogP) is 3.59. The molecule has 0 atom stereocenters. The lowest BCUT2D eigenvalue weighted by molar-refractivity contribution is 0.0910. The van der Waals surface area contributed by atoms with E-state index in [1.54, 1.807) is 6.20 Å². The topological polar surface area (TPSA) is 42.0 Å². The fraction of sp³-hybridized carbons (Fsp3) is 0.333. The Bertz CT molecular complexity index is 598. The molecule has 0 aliphatic carbocycles. The van der Waals surface area contributed by atoms with Gasteiger partial charge in [-0.15, -0.1) is 23.2 Å². The Morgan fingerprint density at radius 3 is 2.60 bits per heavy atom. The smallest absolute Gasteiger partial charge is 0.271 e. The van der Waals surface area contributed by atoms with Gasteiger partial charge >= 0.3 is 0 Å². The molecule has 0 spiro atoms. The zero-order valence-electron chi connectivity index (χ0n) is 11.2. The largest absolute Gasteiger partial charge is 0.343 e. The molecule has 20 heavy (non-hydrogen) atoms. The van der Waals surface area contributed by atoms with Crippen LogP contribution in [0.25, 0.3) is 10.8 Å². The monoisotopic (exact) mass is 310 g/mol. The molecule has 1 amide bonds. The van der Waals surface area contributed by atoms with Crippen molar-refractivity contribution in [1.29, 1.82) is 0 Å². The first kappa shape index (κ1) is 15.1. The summed E-state index contributed by atoms with van der Waals surface area (Å²) in [5.74, 6) is 0.289. The van der Waals surface area contributed by atoms with E-state index in [0.717, 1.165) is 10.8 Å². The second kappa shape index (κ2) is 6.42. The van der Waals surface area contributed by atoms with Gasteiger partial charge in [0.1, 0.15) is 5.69 Å². The van der Waals surface area contributed by atoms with E-state index in [1.807, 2.05) is 37.3 Å². The molecule has 0 bridgehead atoms. The summed E-state index contributed by atoms with van der Waals surface area (Å²) in [4.78, 5) is 16.7. The summed E-state index contributed by atoms with van der Waals surface area (Å²) in [5.41, 5.74) is -0.199. The summed E-state index contributed by atoms with van der Waals surface area (Å²) in [7, 11) is 0. The summed E-state index contributed by atoms with van der Waals surface area (Å²) in [6.07, 6.45) is 2.29. The van der Waals surface area contributed by atoms with E-state index in [9.17, 15) is 4.79 Å². The van der Waals surface area contributed by atoms with E-state index in [2.05, 4.69) is 10.3 Å². The Hall–Kier alpha value is -1.32. The van der Waals surface area contributed by atoms with Crippen LogP contribution in [0.1, 0.15) is 23.8 Å². The molecular formula is C15H16Cl2N2O. The maximum Gasteiger partial charge on any atom is 0.271 e. The number of carbonyl (C=O) groups excluding carboxylic acids is 1. The lowest BCUT2D eigenvalue weighted by atomic mass is 10.0. The molecule has 0 unspecified atom stereocenters. The summed E-state index contributed by atoms with van der Waals surface area (Å²) >= 11 is 11.9. The normalized spacial score (nSPS) is 11.6. The predicted molar refractivity (Wildman–Crippen MR) is 83.7 cm³/mol. The molecule has 0 aliphatic heterocycles. The Balaban J connectivity index is 2.37. The number of amides is 1. The number of rotatable bonds is 5. The van der Waals surface area contributed by atoms with Crippen molar-refractivity contribution in [3.8, 4) is 0 Å². The molecule has 5 heteroatoms. The molecule has 1 aromatic heterocycles. The van der Waals surface area contributed by atoms with Crippen LogP contribution in [-0.4, -0.2) is 28.2 Å². The van der Waals surface area contributed by atoms with Crippen molar-refractivity contribution >= 4 is 39.9 Å². The molecule has 106 valence electrons. The maximum absolute atomic E-state index is 12.5. The van der Waals surface area contributed by atoms with Crippen LogP contribution in [0.15, 0.2) is 36.5 Å². The second-order valence-corrected chi connectivity index (χ2v) is 5.27. The first-order valence-electron chi connectivity index (χ1n) is 6.44. The summed E-state index contributed by atoms with van der Waals surface area (Å²) in [6, 6.07) is 9.52. The van der Waals surface area contributed by atoms with E-state index in [-0.39, 0.29) is 17.7 Å². The van der Waals surface area contributed by atoms with Gasteiger partial charge in [0.05, 0.1) is 5.54 Å². The maximum atomic E-state index is 12.5. The molecule has 0 saturated carbocycles. The van der Waals surface area contributed by atoms with E-state index < -0.39 is 5.54 Å². The van der Waals surface area contributed by atoms with Gasteiger partial charge in [-0.2, -0.15) is 0 Å². The van der Waals surface area contributed by atoms with Gasteiger partial charge in [-0.3, -0.25) is 9.78 Å². The molecule has 3 nitrogen and oxygen atoms in total. The van der Waals surface area contributed by atoms with Crippen LogP contribution >= 0.6 is 23.2 Å². The molecular weight excluding hydrogens is 295 g/mol. The average Bonchev–Trinajstić information content (AvgIpc) is 2.52. The van der Waals surface area contributed by atoms with E-state index >= 15 is 0 Å². The molecule has 1 aromatic carbocycles. The zero-order valence-corrected chi connectivity index (χ0v) is 12.7. The molecule has 2 aromatic rings. The highest BCUT2D eigenvalue weighted by Gasteiger charge is 2.29. The molecule has 0 radical (unpaired) electrons. The van der Waals surface area contributed by atoms with Gasteiger partial charge in [0.2, 0.25) is 0 Å². The highest BCUT2D eigenvalue weighted by molar-refractivity contribution is 6.22. The zero-order chi connectivity index (χ0) is 14.6. The van der Waals surface area contributed by atoms with Crippen molar-refractivity contribution in [2.75, 3.05) is 11.8 Å². The van der Waals surface area contributed by atoms with Crippen LogP contribution in [0.4, 0.5) is 0 Å². The quantitative estimate of drug-likeness (QED) is 0.857. The molecule has 1 N–H and O–H groups in total. The first-order valence-corrected chi connectivity index (χ1v) is 7.51. The second-order valence-electron chi connectivity index (χ2n) is 4.74. The minimum absolute atomic E-state index is 0.245. The van der Waals surface area contributed by atoms with Gasteiger partial charge in [-0.1, -0.05) is 31.2 Å². The number of fused-ring (bicyclic) bond motifs is 1. The van der Waals surface area contributed by atoms with Crippen molar-refractivity contribution in [2.24, 2.45) is 0 Å². The highest BCUT2D eigenvalue weighted by Crippen LogP contribution is 2.19. The summed E-state index contributed by atoms with van der Waals surface area (Å²) < 4.78 is 0. The molecule has 0 aliphatic rings. The number of carbonyl (C=O) groups is 1. The van der Waals surface area contributed by atoms with E-state index in [4.69, 9.17) is 23.2 Å². The highest BCUT2D eigenvalue weighted by atomic mass is 35.5. The molecule has 1 heterocycles. The number of pyridine rings is 1. The Labute approximate surface area is 128 Å². The van der Waals surface area contributed by atoms with Gasteiger partial charge in [-0.05, 0) is 17.9 Å². The van der Waals surface area contributed by atoms with Crippen molar-refractivity contribution < 1.29 is 4.79 Å².